The molecule has 0 fully saturated rings. The molecule has 0 unspecified atom stereocenters. The summed E-state index contributed by atoms with van der Waals surface area (Å²) in [7, 11) is 1.70. The van der Waals surface area contributed by atoms with Gasteiger partial charge in [-0.3, -0.25) is 0 Å². The molecule has 0 aliphatic heterocycles. The summed E-state index contributed by atoms with van der Waals surface area (Å²) in [5, 5.41) is 2.48. The van der Waals surface area contributed by atoms with Gasteiger partial charge >= 0.3 is 0 Å². The molecule has 13 heavy (non-hydrogen) atoms. The predicted molar refractivity (Wildman–Crippen MR) is 54.3 cm³/mol. The highest BCUT2D eigenvalue weighted by atomic mass is 16.5. The van der Waals surface area contributed by atoms with Crippen LogP contribution in [0.5, 0.6) is 5.75 Å². The Morgan fingerprint density at radius 2 is 2.00 bits per heavy atom. The molecule has 0 spiro atoms. The summed E-state index contributed by atoms with van der Waals surface area (Å²) in [6.07, 6.45) is 2.01. The molecule has 1 aromatic carbocycles. The number of rotatable bonds is 1. The molecule has 1 aromatic heterocycles. The Hall–Kier alpha value is -1.44. The van der Waals surface area contributed by atoms with Gasteiger partial charge in [-0.1, -0.05) is 0 Å². The van der Waals surface area contributed by atoms with Gasteiger partial charge in [0.1, 0.15) is 5.75 Å². The number of aromatic nitrogens is 1. The van der Waals surface area contributed by atoms with Crippen LogP contribution in [0.1, 0.15) is 11.3 Å². The highest BCUT2D eigenvalue weighted by Crippen LogP contribution is 2.26. The maximum absolute atomic E-state index is 5.25. The van der Waals surface area contributed by atoms with E-state index in [1.54, 1.807) is 7.11 Å². The van der Waals surface area contributed by atoms with Gasteiger partial charge in [0.25, 0.3) is 0 Å². The van der Waals surface area contributed by atoms with Crippen molar-refractivity contribution in [2.45, 2.75) is 13.8 Å². The SMILES string of the molecule is COc1cc2c[nH]c(C)c2cc1C. The first-order chi connectivity index (χ1) is 6.22. The van der Waals surface area contributed by atoms with E-state index < -0.39 is 0 Å². The van der Waals surface area contributed by atoms with Crippen molar-refractivity contribution in [1.82, 2.24) is 4.98 Å². The van der Waals surface area contributed by atoms with Crippen LogP contribution in [0.3, 0.4) is 0 Å². The fourth-order valence-corrected chi connectivity index (χ4v) is 1.63. The number of hydrogen-bond donors (Lipinski definition) is 1. The van der Waals surface area contributed by atoms with Gasteiger partial charge in [0.2, 0.25) is 0 Å². The molecule has 0 bridgehead atoms. The Labute approximate surface area is 77.5 Å². The van der Waals surface area contributed by atoms with Crippen LogP contribution in [0, 0.1) is 13.8 Å². The second kappa shape index (κ2) is 2.80. The number of fused-ring (bicyclic) bond motifs is 1. The quantitative estimate of drug-likeness (QED) is 0.708. The third-order valence-corrected chi connectivity index (χ3v) is 2.42. The van der Waals surface area contributed by atoms with Crippen molar-refractivity contribution in [3.8, 4) is 5.75 Å². The number of hydrogen-bond acceptors (Lipinski definition) is 1. The average molecular weight is 175 g/mol. The minimum Gasteiger partial charge on any atom is -0.496 e. The first-order valence-electron chi connectivity index (χ1n) is 4.34. The molecule has 0 atom stereocenters. The maximum Gasteiger partial charge on any atom is 0.122 e. The van der Waals surface area contributed by atoms with E-state index in [-0.39, 0.29) is 0 Å². The first kappa shape index (κ1) is 8.17. The topological polar surface area (TPSA) is 25.0 Å². The van der Waals surface area contributed by atoms with Crippen molar-refractivity contribution in [2.75, 3.05) is 7.11 Å². The lowest BCUT2D eigenvalue weighted by atomic mass is 10.1. The zero-order chi connectivity index (χ0) is 9.42. The van der Waals surface area contributed by atoms with Crippen LogP contribution in [0.2, 0.25) is 0 Å². The molecular formula is C11H13NO. The molecule has 2 heteroatoms. The van der Waals surface area contributed by atoms with Gasteiger partial charge < -0.3 is 9.72 Å². The van der Waals surface area contributed by atoms with Gasteiger partial charge in [0.15, 0.2) is 0 Å². The summed E-state index contributed by atoms with van der Waals surface area (Å²) in [4.78, 5) is 3.20. The number of benzene rings is 1. The number of H-pyrrole nitrogens is 1. The standard InChI is InChI=1S/C11H13NO/c1-7-4-10-8(2)12-6-9(10)5-11(7)13-3/h4-6,12H,1-3H3. The van der Waals surface area contributed by atoms with E-state index in [9.17, 15) is 0 Å². The molecule has 0 aliphatic carbocycles. The van der Waals surface area contributed by atoms with Crippen LogP contribution in [0.15, 0.2) is 18.3 Å². The summed E-state index contributed by atoms with van der Waals surface area (Å²) >= 11 is 0. The molecule has 1 heterocycles. The first-order valence-corrected chi connectivity index (χ1v) is 4.34. The minimum absolute atomic E-state index is 0.950. The highest BCUT2D eigenvalue weighted by Gasteiger charge is 2.03. The Kier molecular flexibility index (Phi) is 1.76. The van der Waals surface area contributed by atoms with Crippen LogP contribution in [-0.2, 0) is 0 Å². The van der Waals surface area contributed by atoms with Crippen molar-refractivity contribution in [2.24, 2.45) is 0 Å². The van der Waals surface area contributed by atoms with E-state index in [0.717, 1.165) is 5.75 Å². The minimum atomic E-state index is 0.950. The summed E-state index contributed by atoms with van der Waals surface area (Å²) in [6.45, 7) is 4.14. The monoisotopic (exact) mass is 175 g/mol. The van der Waals surface area contributed by atoms with E-state index in [2.05, 4.69) is 31.0 Å². The van der Waals surface area contributed by atoms with E-state index in [4.69, 9.17) is 4.74 Å². The number of ether oxygens (including phenoxy) is 1. The van der Waals surface area contributed by atoms with Gasteiger partial charge in [0.05, 0.1) is 7.11 Å². The van der Waals surface area contributed by atoms with E-state index in [1.165, 1.54) is 22.0 Å². The Morgan fingerprint density at radius 1 is 1.23 bits per heavy atom. The highest BCUT2D eigenvalue weighted by molar-refractivity contribution is 5.87. The molecule has 0 radical (unpaired) electrons. The molecule has 0 aliphatic rings. The summed E-state index contributed by atoms with van der Waals surface area (Å²) in [5.41, 5.74) is 2.39. The van der Waals surface area contributed by atoms with Gasteiger partial charge in [-0.2, -0.15) is 0 Å². The summed E-state index contributed by atoms with van der Waals surface area (Å²) in [5.74, 6) is 0.950. The fraction of sp³-hybridized carbons (Fsp3) is 0.273. The van der Waals surface area contributed by atoms with Crippen molar-refractivity contribution < 1.29 is 4.74 Å². The number of aromatic amines is 1. The van der Waals surface area contributed by atoms with Gasteiger partial charge in [-0.25, -0.2) is 0 Å². The molecule has 0 saturated heterocycles. The lowest BCUT2D eigenvalue weighted by Crippen LogP contribution is -1.86. The zero-order valence-corrected chi connectivity index (χ0v) is 8.14. The smallest absolute Gasteiger partial charge is 0.122 e. The van der Waals surface area contributed by atoms with E-state index >= 15 is 0 Å². The molecule has 2 nitrogen and oxygen atoms in total. The van der Waals surface area contributed by atoms with Gasteiger partial charge in [-0.15, -0.1) is 0 Å². The zero-order valence-electron chi connectivity index (χ0n) is 8.14. The number of methoxy groups -OCH3 is 1. The third-order valence-electron chi connectivity index (χ3n) is 2.42. The molecule has 0 saturated carbocycles. The normalized spacial score (nSPS) is 10.7. The van der Waals surface area contributed by atoms with Gasteiger partial charge in [0, 0.05) is 22.7 Å². The predicted octanol–water partition coefficient (Wildman–Crippen LogP) is 2.79. The van der Waals surface area contributed by atoms with Crippen LogP contribution in [-0.4, -0.2) is 12.1 Å². The lowest BCUT2D eigenvalue weighted by molar-refractivity contribution is 0.412. The number of nitrogens with one attached hydrogen (secondary N) is 1. The van der Waals surface area contributed by atoms with Crippen LogP contribution >= 0.6 is 0 Å². The van der Waals surface area contributed by atoms with Crippen molar-refractivity contribution in [3.63, 3.8) is 0 Å². The Balaban J connectivity index is 2.76. The largest absolute Gasteiger partial charge is 0.496 e. The van der Waals surface area contributed by atoms with Crippen LogP contribution in [0.4, 0.5) is 0 Å². The van der Waals surface area contributed by atoms with E-state index in [0.29, 0.717) is 0 Å². The molecule has 0 amide bonds. The lowest BCUT2D eigenvalue weighted by Gasteiger charge is -2.04. The molecule has 68 valence electrons. The van der Waals surface area contributed by atoms with Crippen molar-refractivity contribution in [1.29, 1.82) is 0 Å². The Bertz CT molecular complexity index is 443. The average Bonchev–Trinajstić information content (AvgIpc) is 2.47. The third kappa shape index (κ3) is 1.18. The maximum atomic E-state index is 5.25. The van der Waals surface area contributed by atoms with Crippen LogP contribution in [0.25, 0.3) is 10.8 Å². The van der Waals surface area contributed by atoms with E-state index in [1.807, 2.05) is 6.20 Å². The Morgan fingerprint density at radius 3 is 2.69 bits per heavy atom. The molecule has 2 aromatic rings. The second-order valence-corrected chi connectivity index (χ2v) is 3.32. The van der Waals surface area contributed by atoms with Gasteiger partial charge in [-0.05, 0) is 31.5 Å². The van der Waals surface area contributed by atoms with Crippen LogP contribution < -0.4 is 4.74 Å². The molecule has 1 N–H and O–H groups in total. The summed E-state index contributed by atoms with van der Waals surface area (Å²) < 4.78 is 5.25. The van der Waals surface area contributed by atoms with Crippen molar-refractivity contribution in [3.05, 3.63) is 29.6 Å². The number of aryl methyl sites for hydroxylation is 2. The summed E-state index contributed by atoms with van der Waals surface area (Å²) in [6, 6.07) is 4.22. The second-order valence-electron chi connectivity index (χ2n) is 3.32. The van der Waals surface area contributed by atoms with Crippen molar-refractivity contribution >= 4 is 10.8 Å². The fourth-order valence-electron chi connectivity index (χ4n) is 1.63. The molecule has 2 rings (SSSR count). The molecular weight excluding hydrogens is 162 g/mol.